The lowest BCUT2D eigenvalue weighted by molar-refractivity contribution is 0.261. The van der Waals surface area contributed by atoms with Gasteiger partial charge < -0.3 is 5.32 Å². The number of hydrogen-bond donors (Lipinski definition) is 1. The number of halogens is 1. The van der Waals surface area contributed by atoms with E-state index in [1.807, 2.05) is 12.1 Å². The Morgan fingerprint density at radius 3 is 2.30 bits per heavy atom. The molecule has 0 aliphatic heterocycles. The summed E-state index contributed by atoms with van der Waals surface area (Å²) in [5.41, 5.74) is 1.21. The lowest BCUT2D eigenvalue weighted by Gasteiger charge is -2.32. The minimum Gasteiger partial charge on any atom is -0.307 e. The first kappa shape index (κ1) is 15.5. The largest absolute Gasteiger partial charge is 0.307 e. The van der Waals surface area contributed by atoms with E-state index in [9.17, 15) is 4.39 Å². The van der Waals surface area contributed by atoms with Crippen molar-refractivity contribution in [2.75, 3.05) is 0 Å². The van der Waals surface area contributed by atoms with E-state index in [4.69, 9.17) is 0 Å². The Labute approximate surface area is 123 Å². The standard InChI is InChI=1S/C18H28FN/c1-3-5-14-6-12-17(13-7-14)20-18(4-2)15-8-10-16(19)11-9-15/h8-11,14,17-18,20H,3-7,12-13H2,1-2H3. The van der Waals surface area contributed by atoms with Gasteiger partial charge in [0.2, 0.25) is 0 Å². The Hall–Kier alpha value is -0.890. The summed E-state index contributed by atoms with van der Waals surface area (Å²) in [4.78, 5) is 0. The molecule has 2 heteroatoms. The van der Waals surface area contributed by atoms with Crippen LogP contribution in [0.2, 0.25) is 0 Å². The van der Waals surface area contributed by atoms with Crippen molar-refractivity contribution in [2.24, 2.45) is 5.92 Å². The van der Waals surface area contributed by atoms with Crippen LogP contribution >= 0.6 is 0 Å². The third kappa shape index (κ3) is 4.31. The quantitative estimate of drug-likeness (QED) is 0.751. The Balaban J connectivity index is 1.86. The van der Waals surface area contributed by atoms with Crippen LogP contribution < -0.4 is 5.32 Å². The number of nitrogens with one attached hydrogen (secondary N) is 1. The van der Waals surface area contributed by atoms with Crippen molar-refractivity contribution in [3.8, 4) is 0 Å². The molecular formula is C18H28FN. The number of rotatable bonds is 6. The normalized spacial score (nSPS) is 24.6. The van der Waals surface area contributed by atoms with Crippen LogP contribution in [0.1, 0.15) is 70.4 Å². The van der Waals surface area contributed by atoms with Gasteiger partial charge in [-0.05, 0) is 55.7 Å². The molecule has 1 fully saturated rings. The van der Waals surface area contributed by atoms with Gasteiger partial charge in [0, 0.05) is 12.1 Å². The van der Waals surface area contributed by atoms with Crippen molar-refractivity contribution in [1.29, 1.82) is 0 Å². The zero-order chi connectivity index (χ0) is 14.4. The van der Waals surface area contributed by atoms with Crippen LogP contribution in [0.5, 0.6) is 0 Å². The molecule has 2 rings (SSSR count). The topological polar surface area (TPSA) is 12.0 Å². The summed E-state index contributed by atoms with van der Waals surface area (Å²) in [6.45, 7) is 4.48. The molecule has 0 aromatic heterocycles. The predicted octanol–water partition coefficient (Wildman–Crippen LogP) is 5.23. The maximum absolute atomic E-state index is 13.0. The van der Waals surface area contributed by atoms with Crippen LogP contribution in [0.15, 0.2) is 24.3 Å². The Morgan fingerprint density at radius 1 is 1.10 bits per heavy atom. The molecule has 1 aromatic rings. The maximum Gasteiger partial charge on any atom is 0.123 e. The van der Waals surface area contributed by atoms with Gasteiger partial charge in [-0.15, -0.1) is 0 Å². The van der Waals surface area contributed by atoms with Crippen LogP contribution in [0.3, 0.4) is 0 Å². The molecule has 1 aliphatic rings. The monoisotopic (exact) mass is 277 g/mol. The van der Waals surface area contributed by atoms with Crippen LogP contribution in [0.25, 0.3) is 0 Å². The molecule has 0 spiro atoms. The molecule has 1 atom stereocenters. The summed E-state index contributed by atoms with van der Waals surface area (Å²) < 4.78 is 13.0. The van der Waals surface area contributed by atoms with Crippen molar-refractivity contribution in [2.45, 2.75) is 70.9 Å². The summed E-state index contributed by atoms with van der Waals surface area (Å²) >= 11 is 0. The van der Waals surface area contributed by atoms with Gasteiger partial charge in [-0.3, -0.25) is 0 Å². The van der Waals surface area contributed by atoms with Gasteiger partial charge in [0.1, 0.15) is 5.82 Å². The lowest BCUT2D eigenvalue weighted by Crippen LogP contribution is -2.35. The molecule has 1 N–H and O–H groups in total. The van der Waals surface area contributed by atoms with Crippen molar-refractivity contribution in [1.82, 2.24) is 5.32 Å². The third-order valence-electron chi connectivity index (χ3n) is 4.66. The summed E-state index contributed by atoms with van der Waals surface area (Å²) in [7, 11) is 0. The second kappa shape index (κ2) is 7.78. The zero-order valence-corrected chi connectivity index (χ0v) is 12.9. The molecular weight excluding hydrogens is 249 g/mol. The van der Waals surface area contributed by atoms with Gasteiger partial charge in [-0.25, -0.2) is 4.39 Å². The molecule has 0 heterocycles. The van der Waals surface area contributed by atoms with E-state index in [2.05, 4.69) is 19.2 Å². The molecule has 1 aliphatic carbocycles. The minimum absolute atomic E-state index is 0.149. The molecule has 0 amide bonds. The molecule has 1 unspecified atom stereocenters. The molecule has 112 valence electrons. The van der Waals surface area contributed by atoms with Crippen molar-refractivity contribution >= 4 is 0 Å². The fourth-order valence-corrected chi connectivity index (χ4v) is 3.46. The lowest BCUT2D eigenvalue weighted by atomic mass is 9.83. The van der Waals surface area contributed by atoms with Gasteiger partial charge in [-0.1, -0.05) is 38.8 Å². The highest BCUT2D eigenvalue weighted by Crippen LogP contribution is 2.29. The molecule has 20 heavy (non-hydrogen) atoms. The average Bonchev–Trinajstić information content (AvgIpc) is 2.48. The van der Waals surface area contributed by atoms with E-state index < -0.39 is 0 Å². The van der Waals surface area contributed by atoms with E-state index in [0.717, 1.165) is 12.3 Å². The van der Waals surface area contributed by atoms with Crippen LogP contribution in [-0.2, 0) is 0 Å². The third-order valence-corrected chi connectivity index (χ3v) is 4.66. The molecule has 0 saturated heterocycles. The second-order valence-corrected chi connectivity index (χ2v) is 6.19. The SMILES string of the molecule is CCCC1CCC(NC(CC)c2ccc(F)cc2)CC1. The van der Waals surface area contributed by atoms with Crippen molar-refractivity contribution < 1.29 is 4.39 Å². The molecule has 0 radical (unpaired) electrons. The second-order valence-electron chi connectivity index (χ2n) is 6.19. The van der Waals surface area contributed by atoms with Crippen LogP contribution in [0.4, 0.5) is 4.39 Å². The van der Waals surface area contributed by atoms with Gasteiger partial charge in [-0.2, -0.15) is 0 Å². The first-order valence-electron chi connectivity index (χ1n) is 8.24. The summed E-state index contributed by atoms with van der Waals surface area (Å²) in [5, 5.41) is 3.78. The van der Waals surface area contributed by atoms with Gasteiger partial charge in [0.15, 0.2) is 0 Å². The fraction of sp³-hybridized carbons (Fsp3) is 0.667. The van der Waals surface area contributed by atoms with E-state index in [1.54, 1.807) is 12.1 Å². The smallest absolute Gasteiger partial charge is 0.123 e. The summed E-state index contributed by atoms with van der Waals surface area (Å²) in [6, 6.07) is 7.97. The fourth-order valence-electron chi connectivity index (χ4n) is 3.46. The van der Waals surface area contributed by atoms with Crippen molar-refractivity contribution in [3.05, 3.63) is 35.6 Å². The molecule has 1 nitrogen and oxygen atoms in total. The van der Waals surface area contributed by atoms with Gasteiger partial charge >= 0.3 is 0 Å². The average molecular weight is 277 g/mol. The Morgan fingerprint density at radius 2 is 1.75 bits per heavy atom. The summed E-state index contributed by atoms with van der Waals surface area (Å²) in [5.74, 6) is 0.799. The number of hydrogen-bond acceptors (Lipinski definition) is 1. The van der Waals surface area contributed by atoms with E-state index in [-0.39, 0.29) is 5.82 Å². The van der Waals surface area contributed by atoms with Gasteiger partial charge in [0.25, 0.3) is 0 Å². The van der Waals surface area contributed by atoms with Crippen LogP contribution in [0, 0.1) is 11.7 Å². The van der Waals surface area contributed by atoms with Crippen LogP contribution in [-0.4, -0.2) is 6.04 Å². The highest BCUT2D eigenvalue weighted by Gasteiger charge is 2.22. The van der Waals surface area contributed by atoms with E-state index >= 15 is 0 Å². The predicted molar refractivity (Wildman–Crippen MR) is 83.2 cm³/mol. The molecule has 0 bridgehead atoms. The first-order chi connectivity index (χ1) is 9.72. The zero-order valence-electron chi connectivity index (χ0n) is 12.9. The Kier molecular flexibility index (Phi) is 6.03. The highest BCUT2D eigenvalue weighted by molar-refractivity contribution is 5.20. The first-order valence-corrected chi connectivity index (χ1v) is 8.24. The van der Waals surface area contributed by atoms with E-state index in [0.29, 0.717) is 12.1 Å². The minimum atomic E-state index is -0.149. The molecule has 1 aromatic carbocycles. The van der Waals surface area contributed by atoms with E-state index in [1.165, 1.54) is 44.1 Å². The summed E-state index contributed by atoms with van der Waals surface area (Å²) in [6.07, 6.45) is 9.08. The van der Waals surface area contributed by atoms with Gasteiger partial charge in [0.05, 0.1) is 0 Å². The van der Waals surface area contributed by atoms with Crippen molar-refractivity contribution in [3.63, 3.8) is 0 Å². The molecule has 1 saturated carbocycles. The Bertz CT molecular complexity index is 379. The maximum atomic E-state index is 13.0. The number of benzene rings is 1. The highest BCUT2D eigenvalue weighted by atomic mass is 19.1.